The number of halogens is 5. The second-order valence-corrected chi connectivity index (χ2v) is 3.49. The molecule has 0 aliphatic carbocycles. The molecule has 0 fully saturated rings. The number of aromatic nitrogens is 1. The lowest BCUT2D eigenvalue weighted by atomic mass is 10.4. The molecule has 14 heavy (non-hydrogen) atoms. The molecule has 0 spiro atoms. The van der Waals surface area contributed by atoms with Crippen molar-refractivity contribution in [2.75, 3.05) is 6.61 Å². The van der Waals surface area contributed by atoms with Gasteiger partial charge >= 0.3 is 12.3 Å². The van der Waals surface area contributed by atoms with E-state index in [2.05, 4.69) is 9.72 Å². The van der Waals surface area contributed by atoms with Crippen molar-refractivity contribution in [3.05, 3.63) is 10.5 Å². The first kappa shape index (κ1) is 11.5. The number of rotatable bonds is 4. The van der Waals surface area contributed by atoms with Crippen LogP contribution in [0.2, 0.25) is 5.15 Å². The predicted molar refractivity (Wildman–Crippen MR) is 43.6 cm³/mol. The van der Waals surface area contributed by atoms with Crippen LogP contribution >= 0.6 is 22.9 Å². The zero-order chi connectivity index (χ0) is 10.8. The van der Waals surface area contributed by atoms with E-state index in [0.29, 0.717) is 0 Å². The molecule has 8 heteroatoms. The van der Waals surface area contributed by atoms with Crippen molar-refractivity contribution in [2.45, 2.75) is 12.3 Å². The SMILES string of the molecule is FC(F)C(F)(F)COc1nc(Cl)cs1. The summed E-state index contributed by atoms with van der Waals surface area (Å²) < 4.78 is 52.3. The number of alkyl halides is 4. The van der Waals surface area contributed by atoms with E-state index in [0.717, 1.165) is 11.3 Å². The average molecular weight is 250 g/mol. The van der Waals surface area contributed by atoms with Gasteiger partial charge in [0.2, 0.25) is 0 Å². The normalized spacial score (nSPS) is 12.1. The maximum atomic E-state index is 12.3. The quantitative estimate of drug-likeness (QED) is 0.765. The van der Waals surface area contributed by atoms with Crippen molar-refractivity contribution in [3.63, 3.8) is 0 Å². The molecular formula is C6H4ClF4NOS. The summed E-state index contributed by atoms with van der Waals surface area (Å²) in [5.74, 6) is -4.17. The van der Waals surface area contributed by atoms with Gasteiger partial charge in [0, 0.05) is 5.38 Å². The van der Waals surface area contributed by atoms with E-state index in [4.69, 9.17) is 11.6 Å². The van der Waals surface area contributed by atoms with Crippen LogP contribution in [0.25, 0.3) is 0 Å². The highest BCUT2D eigenvalue weighted by Crippen LogP contribution is 2.26. The van der Waals surface area contributed by atoms with Crippen molar-refractivity contribution in [1.29, 1.82) is 0 Å². The third-order valence-corrected chi connectivity index (χ3v) is 2.24. The van der Waals surface area contributed by atoms with Crippen molar-refractivity contribution in [3.8, 4) is 5.19 Å². The molecule has 0 bridgehead atoms. The largest absolute Gasteiger partial charge is 0.463 e. The Kier molecular flexibility index (Phi) is 3.54. The first-order valence-electron chi connectivity index (χ1n) is 3.31. The topological polar surface area (TPSA) is 22.1 Å². The van der Waals surface area contributed by atoms with Gasteiger partial charge in [-0.1, -0.05) is 22.9 Å². The summed E-state index contributed by atoms with van der Waals surface area (Å²) >= 11 is 6.22. The number of hydrogen-bond donors (Lipinski definition) is 0. The van der Waals surface area contributed by atoms with E-state index in [-0.39, 0.29) is 10.3 Å². The number of thiazole rings is 1. The smallest absolute Gasteiger partial charge is 0.340 e. The molecular weight excluding hydrogens is 246 g/mol. The van der Waals surface area contributed by atoms with Gasteiger partial charge in [0.1, 0.15) is 5.15 Å². The van der Waals surface area contributed by atoms with Crippen LogP contribution in [0.15, 0.2) is 5.38 Å². The monoisotopic (exact) mass is 249 g/mol. The maximum Gasteiger partial charge on any atom is 0.340 e. The van der Waals surface area contributed by atoms with Crippen molar-refractivity contribution < 1.29 is 22.3 Å². The van der Waals surface area contributed by atoms with E-state index < -0.39 is 19.0 Å². The first-order valence-corrected chi connectivity index (χ1v) is 4.57. The predicted octanol–water partition coefficient (Wildman–Crippen LogP) is 3.08. The fraction of sp³-hybridized carbons (Fsp3) is 0.500. The molecule has 0 saturated heterocycles. The Morgan fingerprint density at radius 2 is 2.21 bits per heavy atom. The molecule has 1 heterocycles. The second kappa shape index (κ2) is 4.31. The minimum atomic E-state index is -4.17. The lowest BCUT2D eigenvalue weighted by molar-refractivity contribution is -0.148. The summed E-state index contributed by atoms with van der Waals surface area (Å²) in [6.07, 6.45) is -3.75. The van der Waals surface area contributed by atoms with Crippen LogP contribution in [0, 0.1) is 0 Å². The molecule has 0 unspecified atom stereocenters. The molecule has 0 aliphatic rings. The Hall–Kier alpha value is -0.560. The van der Waals surface area contributed by atoms with Gasteiger partial charge in [-0.2, -0.15) is 13.8 Å². The summed E-state index contributed by atoms with van der Waals surface area (Å²) in [6.45, 7) is -1.41. The Labute approximate surface area is 85.5 Å². The van der Waals surface area contributed by atoms with Crippen LogP contribution in [-0.2, 0) is 0 Å². The lowest BCUT2D eigenvalue weighted by Gasteiger charge is -2.14. The zero-order valence-corrected chi connectivity index (χ0v) is 8.09. The standard InChI is InChI=1S/C6H4ClF4NOS/c7-3-1-14-5(12-3)13-2-6(10,11)4(8)9/h1,4H,2H2. The third kappa shape index (κ3) is 2.98. The highest BCUT2D eigenvalue weighted by molar-refractivity contribution is 7.11. The van der Waals surface area contributed by atoms with Crippen LogP contribution in [0.3, 0.4) is 0 Å². The third-order valence-electron chi connectivity index (χ3n) is 1.16. The Morgan fingerprint density at radius 1 is 1.57 bits per heavy atom. The molecule has 0 saturated carbocycles. The minimum absolute atomic E-state index is 0.0744. The van der Waals surface area contributed by atoms with Crippen LogP contribution in [0.5, 0.6) is 5.19 Å². The zero-order valence-electron chi connectivity index (χ0n) is 6.52. The molecule has 0 N–H and O–H groups in total. The summed E-state index contributed by atoms with van der Waals surface area (Å²) in [7, 11) is 0. The van der Waals surface area contributed by atoms with Crippen molar-refractivity contribution in [1.82, 2.24) is 4.98 Å². The van der Waals surface area contributed by atoms with Gasteiger partial charge in [-0.05, 0) is 0 Å². The van der Waals surface area contributed by atoms with Crippen LogP contribution in [-0.4, -0.2) is 23.9 Å². The Bertz CT molecular complexity index is 306. The molecule has 1 aromatic heterocycles. The molecule has 2 nitrogen and oxygen atoms in total. The van der Waals surface area contributed by atoms with E-state index in [9.17, 15) is 17.6 Å². The molecule has 0 amide bonds. The minimum Gasteiger partial charge on any atom is -0.463 e. The summed E-state index contributed by atoms with van der Waals surface area (Å²) in [5.41, 5.74) is 0. The summed E-state index contributed by atoms with van der Waals surface area (Å²) in [6, 6.07) is 0. The van der Waals surface area contributed by atoms with E-state index in [1.807, 2.05) is 0 Å². The highest BCUT2D eigenvalue weighted by Gasteiger charge is 2.41. The summed E-state index contributed by atoms with van der Waals surface area (Å²) in [4.78, 5) is 3.46. The van der Waals surface area contributed by atoms with E-state index in [1.54, 1.807) is 0 Å². The van der Waals surface area contributed by atoms with E-state index in [1.165, 1.54) is 5.38 Å². The molecule has 0 aromatic carbocycles. The molecule has 1 aromatic rings. The summed E-state index contributed by atoms with van der Waals surface area (Å²) in [5, 5.41) is 1.26. The van der Waals surface area contributed by atoms with Gasteiger partial charge in [0.05, 0.1) is 0 Å². The molecule has 1 rings (SSSR count). The molecule has 0 aliphatic heterocycles. The second-order valence-electron chi connectivity index (χ2n) is 2.29. The number of ether oxygens (including phenoxy) is 1. The number of hydrogen-bond acceptors (Lipinski definition) is 3. The Balaban J connectivity index is 2.48. The molecule has 0 atom stereocenters. The Morgan fingerprint density at radius 3 is 2.64 bits per heavy atom. The van der Waals surface area contributed by atoms with E-state index >= 15 is 0 Å². The maximum absolute atomic E-state index is 12.3. The number of nitrogens with zero attached hydrogens (tertiary/aromatic N) is 1. The average Bonchev–Trinajstić information content (AvgIpc) is 2.48. The lowest BCUT2D eigenvalue weighted by Crippen LogP contribution is -2.33. The highest BCUT2D eigenvalue weighted by atomic mass is 35.5. The fourth-order valence-corrected chi connectivity index (χ4v) is 1.32. The first-order chi connectivity index (χ1) is 6.42. The van der Waals surface area contributed by atoms with Crippen molar-refractivity contribution in [2.24, 2.45) is 0 Å². The van der Waals surface area contributed by atoms with Gasteiger partial charge in [0.15, 0.2) is 6.61 Å². The van der Waals surface area contributed by atoms with Gasteiger partial charge in [0.25, 0.3) is 5.19 Å². The van der Waals surface area contributed by atoms with Gasteiger partial charge < -0.3 is 4.74 Å². The molecule has 0 radical (unpaired) electrons. The van der Waals surface area contributed by atoms with Gasteiger partial charge in [-0.25, -0.2) is 8.78 Å². The molecule has 80 valence electrons. The van der Waals surface area contributed by atoms with Crippen molar-refractivity contribution >= 4 is 22.9 Å². The fourth-order valence-electron chi connectivity index (χ4n) is 0.526. The van der Waals surface area contributed by atoms with Crippen LogP contribution in [0.4, 0.5) is 17.6 Å². The van der Waals surface area contributed by atoms with Gasteiger partial charge in [-0.15, -0.1) is 0 Å². The van der Waals surface area contributed by atoms with Crippen LogP contribution < -0.4 is 4.74 Å². The van der Waals surface area contributed by atoms with Gasteiger partial charge in [-0.3, -0.25) is 0 Å². The van der Waals surface area contributed by atoms with Crippen LogP contribution in [0.1, 0.15) is 0 Å².